The third kappa shape index (κ3) is 4.04. The molecule has 0 saturated carbocycles. The summed E-state index contributed by atoms with van der Waals surface area (Å²) >= 11 is 0. The van der Waals surface area contributed by atoms with Gasteiger partial charge < -0.3 is 9.42 Å². The van der Waals surface area contributed by atoms with Crippen LogP contribution in [0.15, 0.2) is 22.7 Å². The normalized spacial score (nSPS) is 16.1. The molecule has 1 aliphatic heterocycles. The van der Waals surface area contributed by atoms with E-state index in [1.54, 1.807) is 4.90 Å². The van der Waals surface area contributed by atoms with Crippen molar-refractivity contribution in [1.82, 2.24) is 19.9 Å². The number of rotatable bonds is 3. The molecule has 1 aliphatic rings. The Balaban J connectivity index is 1.61. The molecular formula is C17H19F3N4O2. The van der Waals surface area contributed by atoms with Gasteiger partial charge in [-0.1, -0.05) is 5.16 Å². The average Bonchev–Trinajstić information content (AvgIpc) is 2.99. The van der Waals surface area contributed by atoms with E-state index in [9.17, 15) is 18.0 Å². The van der Waals surface area contributed by atoms with Crippen molar-refractivity contribution >= 4 is 5.91 Å². The van der Waals surface area contributed by atoms with Crippen LogP contribution in [0.4, 0.5) is 13.2 Å². The first kappa shape index (κ1) is 18.4. The lowest BCUT2D eigenvalue weighted by Gasteiger charge is -2.34. The lowest BCUT2D eigenvalue weighted by molar-refractivity contribution is -0.141. The van der Waals surface area contributed by atoms with Gasteiger partial charge in [0.05, 0.1) is 23.5 Å². The summed E-state index contributed by atoms with van der Waals surface area (Å²) in [5.74, 6) is 0.476. The van der Waals surface area contributed by atoms with Crippen LogP contribution in [-0.4, -0.2) is 52.0 Å². The summed E-state index contributed by atoms with van der Waals surface area (Å²) < 4.78 is 43.3. The van der Waals surface area contributed by atoms with E-state index in [0.717, 1.165) is 17.5 Å². The summed E-state index contributed by atoms with van der Waals surface area (Å²) in [6.45, 7) is 6.18. The maximum Gasteiger partial charge on any atom is 0.433 e. The van der Waals surface area contributed by atoms with Gasteiger partial charge >= 0.3 is 6.18 Å². The summed E-state index contributed by atoms with van der Waals surface area (Å²) in [4.78, 5) is 19.9. The number of aryl methyl sites for hydroxylation is 2. The molecule has 0 bridgehead atoms. The van der Waals surface area contributed by atoms with E-state index < -0.39 is 11.9 Å². The first-order valence-electron chi connectivity index (χ1n) is 8.22. The molecule has 0 unspecified atom stereocenters. The van der Waals surface area contributed by atoms with Gasteiger partial charge in [-0.2, -0.15) is 13.2 Å². The van der Waals surface area contributed by atoms with Gasteiger partial charge in [0.15, 0.2) is 5.76 Å². The number of halogens is 3. The molecule has 6 nitrogen and oxygen atoms in total. The van der Waals surface area contributed by atoms with Crippen molar-refractivity contribution in [2.75, 3.05) is 26.2 Å². The van der Waals surface area contributed by atoms with Crippen LogP contribution in [0.5, 0.6) is 0 Å². The van der Waals surface area contributed by atoms with Crippen LogP contribution >= 0.6 is 0 Å². The SMILES string of the molecule is Cc1cc(CN2CCN(C(=O)c3ccc(C(F)(F)F)nc3C)CC2)on1. The van der Waals surface area contributed by atoms with E-state index in [-0.39, 0.29) is 17.2 Å². The standard InChI is InChI=1S/C17H19F3N4O2/c1-11-9-13(26-22-11)10-23-5-7-24(8-6-23)16(25)14-3-4-15(17(18,19)20)21-12(14)2/h3-4,9H,5-8,10H2,1-2H3. The Morgan fingerprint density at radius 2 is 1.88 bits per heavy atom. The quantitative estimate of drug-likeness (QED) is 0.834. The molecule has 3 rings (SSSR count). The van der Waals surface area contributed by atoms with E-state index in [1.165, 1.54) is 13.0 Å². The van der Waals surface area contributed by atoms with Crippen LogP contribution < -0.4 is 0 Å². The summed E-state index contributed by atoms with van der Waals surface area (Å²) in [5.41, 5.74) is 0.125. The maximum absolute atomic E-state index is 12.7. The van der Waals surface area contributed by atoms with E-state index in [4.69, 9.17) is 4.52 Å². The van der Waals surface area contributed by atoms with Crippen LogP contribution in [0, 0.1) is 13.8 Å². The number of nitrogens with zero attached hydrogens (tertiary/aromatic N) is 4. The van der Waals surface area contributed by atoms with Gasteiger partial charge in [0.1, 0.15) is 5.69 Å². The number of carbonyl (C=O) groups is 1. The van der Waals surface area contributed by atoms with E-state index >= 15 is 0 Å². The number of alkyl halides is 3. The van der Waals surface area contributed by atoms with Gasteiger partial charge in [0.2, 0.25) is 0 Å². The number of hydrogen-bond acceptors (Lipinski definition) is 5. The Labute approximate surface area is 148 Å². The van der Waals surface area contributed by atoms with Crippen molar-refractivity contribution in [3.05, 3.63) is 46.6 Å². The van der Waals surface area contributed by atoms with Gasteiger partial charge in [-0.05, 0) is 26.0 Å². The van der Waals surface area contributed by atoms with Crippen molar-refractivity contribution in [1.29, 1.82) is 0 Å². The predicted octanol–water partition coefficient (Wildman–Crippen LogP) is 2.66. The first-order chi connectivity index (χ1) is 12.2. The Bertz CT molecular complexity index is 796. The largest absolute Gasteiger partial charge is 0.433 e. The molecule has 1 fully saturated rings. The van der Waals surface area contributed by atoms with Crippen molar-refractivity contribution in [3.63, 3.8) is 0 Å². The number of amides is 1. The third-order valence-corrected chi connectivity index (χ3v) is 4.32. The lowest BCUT2D eigenvalue weighted by atomic mass is 10.1. The number of carbonyl (C=O) groups excluding carboxylic acids is 1. The number of pyridine rings is 1. The lowest BCUT2D eigenvalue weighted by Crippen LogP contribution is -2.48. The molecular weight excluding hydrogens is 349 g/mol. The molecule has 1 amide bonds. The van der Waals surface area contributed by atoms with E-state index in [1.807, 2.05) is 13.0 Å². The fraction of sp³-hybridized carbons (Fsp3) is 0.471. The minimum Gasteiger partial charge on any atom is -0.360 e. The number of aromatic nitrogens is 2. The summed E-state index contributed by atoms with van der Waals surface area (Å²) in [5, 5.41) is 3.85. The van der Waals surface area contributed by atoms with Crippen LogP contribution in [0.25, 0.3) is 0 Å². The molecule has 2 aromatic rings. The fourth-order valence-electron chi connectivity index (χ4n) is 2.94. The Hall–Kier alpha value is -2.42. The molecule has 1 saturated heterocycles. The van der Waals surface area contributed by atoms with Crippen molar-refractivity contribution < 1.29 is 22.5 Å². The predicted molar refractivity (Wildman–Crippen MR) is 86.4 cm³/mol. The summed E-state index contributed by atoms with van der Waals surface area (Å²) in [6.07, 6.45) is -4.52. The molecule has 3 heterocycles. The molecule has 26 heavy (non-hydrogen) atoms. The van der Waals surface area contributed by atoms with Crippen LogP contribution in [0.2, 0.25) is 0 Å². The van der Waals surface area contributed by atoms with E-state index in [2.05, 4.69) is 15.0 Å². The molecule has 0 aromatic carbocycles. The monoisotopic (exact) mass is 368 g/mol. The Morgan fingerprint density at radius 1 is 1.19 bits per heavy atom. The zero-order valence-corrected chi connectivity index (χ0v) is 14.5. The molecule has 0 radical (unpaired) electrons. The highest BCUT2D eigenvalue weighted by Gasteiger charge is 2.33. The highest BCUT2D eigenvalue weighted by atomic mass is 19.4. The smallest absolute Gasteiger partial charge is 0.360 e. The fourth-order valence-corrected chi connectivity index (χ4v) is 2.94. The molecule has 140 valence electrons. The third-order valence-electron chi connectivity index (χ3n) is 4.32. The molecule has 0 spiro atoms. The highest BCUT2D eigenvalue weighted by molar-refractivity contribution is 5.95. The van der Waals surface area contributed by atoms with E-state index in [0.29, 0.717) is 32.7 Å². The van der Waals surface area contributed by atoms with Crippen molar-refractivity contribution in [3.8, 4) is 0 Å². The second kappa shape index (κ2) is 7.06. The molecule has 0 atom stereocenters. The first-order valence-corrected chi connectivity index (χ1v) is 8.22. The van der Waals surface area contributed by atoms with Gasteiger partial charge in [-0.25, -0.2) is 4.98 Å². The van der Waals surface area contributed by atoms with Gasteiger partial charge in [0.25, 0.3) is 5.91 Å². The van der Waals surface area contributed by atoms with Crippen LogP contribution in [-0.2, 0) is 12.7 Å². The Kier molecular flexibility index (Phi) is 4.99. The molecule has 0 aliphatic carbocycles. The topological polar surface area (TPSA) is 62.5 Å². The number of piperazine rings is 1. The second-order valence-corrected chi connectivity index (χ2v) is 6.33. The van der Waals surface area contributed by atoms with Gasteiger partial charge in [-0.15, -0.1) is 0 Å². The highest BCUT2D eigenvalue weighted by Crippen LogP contribution is 2.28. The minimum absolute atomic E-state index is 0.0874. The van der Waals surface area contributed by atoms with Crippen molar-refractivity contribution in [2.24, 2.45) is 0 Å². The summed E-state index contributed by atoms with van der Waals surface area (Å²) in [6, 6.07) is 3.93. The summed E-state index contributed by atoms with van der Waals surface area (Å²) in [7, 11) is 0. The van der Waals surface area contributed by atoms with Crippen LogP contribution in [0.3, 0.4) is 0 Å². The number of hydrogen-bond donors (Lipinski definition) is 0. The Morgan fingerprint density at radius 3 is 2.42 bits per heavy atom. The molecule has 0 N–H and O–H groups in total. The molecule has 2 aromatic heterocycles. The average molecular weight is 368 g/mol. The molecule has 9 heteroatoms. The van der Waals surface area contributed by atoms with Crippen molar-refractivity contribution in [2.45, 2.75) is 26.6 Å². The zero-order valence-electron chi connectivity index (χ0n) is 14.5. The zero-order chi connectivity index (χ0) is 18.9. The second-order valence-electron chi connectivity index (χ2n) is 6.33. The maximum atomic E-state index is 12.7. The minimum atomic E-state index is -4.52. The van der Waals surface area contributed by atoms with Gasteiger partial charge in [0, 0.05) is 32.2 Å². The van der Waals surface area contributed by atoms with Gasteiger partial charge in [-0.3, -0.25) is 9.69 Å². The van der Waals surface area contributed by atoms with Crippen LogP contribution in [0.1, 0.15) is 33.2 Å².